The van der Waals surface area contributed by atoms with Crippen molar-refractivity contribution in [2.75, 3.05) is 6.54 Å². The van der Waals surface area contributed by atoms with Gasteiger partial charge < -0.3 is 9.84 Å². The van der Waals surface area contributed by atoms with Gasteiger partial charge in [-0.2, -0.15) is 18.2 Å². The summed E-state index contributed by atoms with van der Waals surface area (Å²) in [6.45, 7) is 2.40. The third-order valence-electron chi connectivity index (χ3n) is 4.15. The number of amides is 1. The molecule has 1 amide bonds. The number of rotatable bonds is 3. The predicted octanol–water partition coefficient (Wildman–Crippen LogP) is 2.85. The Hall–Kier alpha value is -2.38. The van der Waals surface area contributed by atoms with E-state index in [1.165, 1.54) is 6.07 Å². The quantitative estimate of drug-likeness (QED) is 0.934. The number of hydrogen-bond acceptors (Lipinski definition) is 4. The average Bonchev–Trinajstić information content (AvgIpc) is 2.96. The van der Waals surface area contributed by atoms with Gasteiger partial charge in [-0.05, 0) is 18.1 Å². The Kier molecular flexibility index (Phi) is 4.06. The molecule has 24 heavy (non-hydrogen) atoms. The summed E-state index contributed by atoms with van der Waals surface area (Å²) in [5, 5.41) is 6.59. The van der Waals surface area contributed by atoms with Gasteiger partial charge in [0.15, 0.2) is 5.82 Å². The molecule has 1 aliphatic rings. The van der Waals surface area contributed by atoms with Crippen molar-refractivity contribution in [2.24, 2.45) is 0 Å². The molecule has 5 nitrogen and oxygen atoms in total. The molecule has 2 heterocycles. The zero-order chi connectivity index (χ0) is 17.4. The topological polar surface area (TPSA) is 68.0 Å². The number of alkyl halides is 3. The summed E-state index contributed by atoms with van der Waals surface area (Å²) in [4.78, 5) is 15.9. The van der Waals surface area contributed by atoms with Crippen LogP contribution in [0.2, 0.25) is 0 Å². The number of carbonyl (C=O) groups excluding carboxylic acids is 1. The highest BCUT2D eigenvalue weighted by atomic mass is 19.4. The SMILES string of the molecule is CC1(c2nc(Cc3cccc(C(F)(F)F)c3)no2)CCNC(=O)C1. The number of nitrogens with zero attached hydrogens (tertiary/aromatic N) is 2. The summed E-state index contributed by atoms with van der Waals surface area (Å²) < 4.78 is 43.5. The van der Waals surface area contributed by atoms with E-state index in [2.05, 4.69) is 15.5 Å². The lowest BCUT2D eigenvalue weighted by Crippen LogP contribution is -2.41. The van der Waals surface area contributed by atoms with Gasteiger partial charge in [0.25, 0.3) is 0 Å². The summed E-state index contributed by atoms with van der Waals surface area (Å²) >= 11 is 0. The van der Waals surface area contributed by atoms with Crippen LogP contribution < -0.4 is 5.32 Å². The first-order valence-electron chi connectivity index (χ1n) is 7.52. The van der Waals surface area contributed by atoms with E-state index >= 15 is 0 Å². The maximum atomic E-state index is 12.8. The Bertz CT molecular complexity index is 757. The molecule has 0 radical (unpaired) electrons. The molecule has 3 rings (SSSR count). The third kappa shape index (κ3) is 3.42. The van der Waals surface area contributed by atoms with Gasteiger partial charge >= 0.3 is 6.18 Å². The second kappa shape index (κ2) is 5.92. The predicted molar refractivity (Wildman–Crippen MR) is 78.1 cm³/mol. The van der Waals surface area contributed by atoms with E-state index < -0.39 is 17.2 Å². The van der Waals surface area contributed by atoms with Crippen LogP contribution >= 0.6 is 0 Å². The molecule has 1 aromatic carbocycles. The van der Waals surface area contributed by atoms with E-state index in [1.54, 1.807) is 6.07 Å². The maximum Gasteiger partial charge on any atom is 0.416 e. The first kappa shape index (κ1) is 16.5. The van der Waals surface area contributed by atoms with Gasteiger partial charge in [0.05, 0.1) is 11.0 Å². The highest BCUT2D eigenvalue weighted by molar-refractivity contribution is 5.78. The lowest BCUT2D eigenvalue weighted by atomic mass is 9.80. The van der Waals surface area contributed by atoms with Crippen molar-refractivity contribution in [3.63, 3.8) is 0 Å². The minimum Gasteiger partial charge on any atom is -0.356 e. The molecular formula is C16H16F3N3O2. The molecule has 2 aromatic rings. The number of piperidine rings is 1. The normalized spacial score (nSPS) is 21.6. The van der Waals surface area contributed by atoms with E-state index in [4.69, 9.17) is 4.52 Å². The van der Waals surface area contributed by atoms with E-state index in [0.29, 0.717) is 30.2 Å². The van der Waals surface area contributed by atoms with Gasteiger partial charge in [-0.3, -0.25) is 4.79 Å². The standard InChI is InChI=1S/C16H16F3N3O2/c1-15(5-6-20-13(23)9-15)14-21-12(22-24-14)8-10-3-2-4-11(7-10)16(17,18)19/h2-4,7H,5-6,8-9H2,1H3,(H,20,23). The zero-order valence-corrected chi connectivity index (χ0v) is 13.0. The van der Waals surface area contributed by atoms with Crippen LogP contribution in [0.4, 0.5) is 13.2 Å². The van der Waals surface area contributed by atoms with E-state index in [0.717, 1.165) is 12.1 Å². The minimum absolute atomic E-state index is 0.0821. The minimum atomic E-state index is -4.39. The molecule has 0 spiro atoms. The Balaban J connectivity index is 1.78. The van der Waals surface area contributed by atoms with E-state index in [9.17, 15) is 18.0 Å². The highest BCUT2D eigenvalue weighted by Gasteiger charge is 2.38. The van der Waals surface area contributed by atoms with Gasteiger partial charge in [-0.15, -0.1) is 0 Å². The average molecular weight is 339 g/mol. The Morgan fingerprint density at radius 3 is 2.88 bits per heavy atom. The molecule has 0 aliphatic carbocycles. The maximum absolute atomic E-state index is 12.8. The fourth-order valence-electron chi connectivity index (χ4n) is 2.78. The van der Waals surface area contributed by atoms with Crippen LogP contribution in [0.15, 0.2) is 28.8 Å². The molecule has 0 saturated carbocycles. The Morgan fingerprint density at radius 1 is 1.38 bits per heavy atom. The molecular weight excluding hydrogens is 323 g/mol. The van der Waals surface area contributed by atoms with Crippen LogP contribution in [-0.2, 0) is 22.8 Å². The van der Waals surface area contributed by atoms with Crippen LogP contribution in [0.25, 0.3) is 0 Å². The monoisotopic (exact) mass is 339 g/mol. The zero-order valence-electron chi connectivity index (χ0n) is 13.0. The second-order valence-corrected chi connectivity index (χ2v) is 6.23. The van der Waals surface area contributed by atoms with Gasteiger partial charge in [0, 0.05) is 19.4 Å². The van der Waals surface area contributed by atoms with Gasteiger partial charge in [-0.1, -0.05) is 30.3 Å². The molecule has 1 atom stereocenters. The third-order valence-corrected chi connectivity index (χ3v) is 4.15. The molecule has 1 N–H and O–H groups in total. The van der Waals surface area contributed by atoms with Crippen molar-refractivity contribution in [1.29, 1.82) is 0 Å². The van der Waals surface area contributed by atoms with Crippen LogP contribution in [0.5, 0.6) is 0 Å². The smallest absolute Gasteiger partial charge is 0.356 e. The molecule has 8 heteroatoms. The van der Waals surface area contributed by atoms with Crippen molar-refractivity contribution in [3.05, 3.63) is 47.1 Å². The number of nitrogens with one attached hydrogen (secondary N) is 1. The summed E-state index contributed by atoms with van der Waals surface area (Å²) in [6, 6.07) is 5.03. The molecule has 1 aliphatic heterocycles. The first-order valence-corrected chi connectivity index (χ1v) is 7.52. The van der Waals surface area contributed by atoms with E-state index in [1.807, 2.05) is 6.92 Å². The van der Waals surface area contributed by atoms with E-state index in [-0.39, 0.29) is 18.7 Å². The van der Waals surface area contributed by atoms with Gasteiger partial charge in [0.2, 0.25) is 11.8 Å². The van der Waals surface area contributed by atoms with Crippen LogP contribution in [0.3, 0.4) is 0 Å². The van der Waals surface area contributed by atoms with Crippen molar-refractivity contribution >= 4 is 5.91 Å². The molecule has 0 bridgehead atoms. The highest BCUT2D eigenvalue weighted by Crippen LogP contribution is 2.33. The fraction of sp³-hybridized carbons (Fsp3) is 0.438. The lowest BCUT2D eigenvalue weighted by Gasteiger charge is -2.29. The van der Waals surface area contributed by atoms with Gasteiger partial charge in [-0.25, -0.2) is 0 Å². The first-order chi connectivity index (χ1) is 11.3. The molecule has 1 aromatic heterocycles. The summed E-state index contributed by atoms with van der Waals surface area (Å²) in [5.41, 5.74) is -0.801. The van der Waals surface area contributed by atoms with Crippen molar-refractivity contribution in [2.45, 2.75) is 37.8 Å². The molecule has 1 unspecified atom stereocenters. The number of benzene rings is 1. The summed E-state index contributed by atoms with van der Waals surface area (Å²) in [5.74, 6) is 0.567. The number of aromatic nitrogens is 2. The van der Waals surface area contributed by atoms with Crippen LogP contribution in [0.1, 0.15) is 42.6 Å². The summed E-state index contributed by atoms with van der Waals surface area (Å²) in [7, 11) is 0. The van der Waals surface area contributed by atoms with Crippen LogP contribution in [-0.4, -0.2) is 22.6 Å². The van der Waals surface area contributed by atoms with Gasteiger partial charge in [0.1, 0.15) is 0 Å². The fourth-order valence-corrected chi connectivity index (χ4v) is 2.78. The number of halogens is 3. The molecule has 128 valence electrons. The van der Waals surface area contributed by atoms with Crippen molar-refractivity contribution in [3.8, 4) is 0 Å². The molecule has 1 saturated heterocycles. The lowest BCUT2D eigenvalue weighted by molar-refractivity contribution is -0.137. The largest absolute Gasteiger partial charge is 0.416 e. The molecule has 1 fully saturated rings. The second-order valence-electron chi connectivity index (χ2n) is 6.23. The van der Waals surface area contributed by atoms with Crippen LogP contribution in [0, 0.1) is 0 Å². The van der Waals surface area contributed by atoms with Crippen molar-refractivity contribution in [1.82, 2.24) is 15.5 Å². The Labute approximate surface area is 136 Å². The van der Waals surface area contributed by atoms with Crippen molar-refractivity contribution < 1.29 is 22.5 Å². The summed E-state index contributed by atoms with van der Waals surface area (Å²) in [6.07, 6.45) is -3.33. The number of hydrogen-bond donors (Lipinski definition) is 1. The Morgan fingerprint density at radius 2 is 2.17 bits per heavy atom. The number of carbonyl (C=O) groups is 1.